The molecule has 0 aliphatic rings. The van der Waals surface area contributed by atoms with E-state index in [2.05, 4.69) is 22.3 Å². The molecule has 0 aliphatic heterocycles. The molecule has 0 atom stereocenters. The predicted octanol–water partition coefficient (Wildman–Crippen LogP) is 2.72. The van der Waals surface area contributed by atoms with Gasteiger partial charge in [0.15, 0.2) is 5.58 Å². The molecule has 0 aliphatic carbocycles. The van der Waals surface area contributed by atoms with Gasteiger partial charge in [-0.2, -0.15) is 13.8 Å². The highest BCUT2D eigenvalue weighted by atomic mass is 32.1. The monoisotopic (exact) mass is 217 g/mol. The number of nitrogens with zero attached hydrogens (tertiary/aromatic N) is 1. The Kier molecular flexibility index (Phi) is 2.28. The van der Waals surface area contributed by atoms with Crippen LogP contribution in [0.25, 0.3) is 11.1 Å². The zero-order chi connectivity index (χ0) is 10.1. The summed E-state index contributed by atoms with van der Waals surface area (Å²) >= 11 is 4.08. The summed E-state index contributed by atoms with van der Waals surface area (Å²) in [4.78, 5) is 4.22. The number of benzene rings is 1. The van der Waals surface area contributed by atoms with E-state index in [4.69, 9.17) is 4.42 Å². The zero-order valence-electron chi connectivity index (χ0n) is 6.78. The molecule has 6 heteroatoms. The second-order valence-corrected chi connectivity index (χ2v) is 2.97. The van der Waals surface area contributed by atoms with E-state index in [-0.39, 0.29) is 0 Å². The van der Waals surface area contributed by atoms with Gasteiger partial charge in [0.25, 0.3) is 0 Å². The Morgan fingerprint density at radius 2 is 2.21 bits per heavy atom. The Labute approximate surface area is 83.1 Å². The molecule has 0 amide bonds. The maximum Gasteiger partial charge on any atom is 0.399 e. The first-order valence-electron chi connectivity index (χ1n) is 3.70. The first-order chi connectivity index (χ1) is 6.66. The number of hydrogen-bond donors (Lipinski definition) is 1. The zero-order valence-corrected chi connectivity index (χ0v) is 7.67. The van der Waals surface area contributed by atoms with Gasteiger partial charge in [-0.05, 0) is 12.1 Å². The van der Waals surface area contributed by atoms with Crippen molar-refractivity contribution in [2.75, 3.05) is 0 Å². The van der Waals surface area contributed by atoms with Gasteiger partial charge in [0.1, 0.15) is 5.52 Å². The van der Waals surface area contributed by atoms with Crippen molar-refractivity contribution in [3.63, 3.8) is 0 Å². The van der Waals surface area contributed by atoms with Crippen LogP contribution in [0.1, 0.15) is 0 Å². The molecular weight excluding hydrogens is 212 g/mol. The molecule has 0 bridgehead atoms. The van der Waals surface area contributed by atoms with Gasteiger partial charge < -0.3 is 9.15 Å². The maximum atomic E-state index is 11.8. The minimum absolute atomic E-state index is 0.339. The fraction of sp³-hybridized carbons (Fsp3) is 0.125. The number of fused-ring (bicyclic) bond motifs is 1. The summed E-state index contributed by atoms with van der Waals surface area (Å²) in [5, 5.41) is 0. The number of para-hydroxylation sites is 1. The molecule has 1 aromatic carbocycles. The van der Waals surface area contributed by atoms with Crippen molar-refractivity contribution >= 4 is 23.7 Å². The molecule has 0 N–H and O–H groups in total. The quantitative estimate of drug-likeness (QED) is 0.785. The summed E-state index contributed by atoms with van der Waals surface area (Å²) in [7, 11) is 0. The molecule has 1 aromatic heterocycles. The number of oxazole rings is 1. The highest BCUT2D eigenvalue weighted by Gasteiger charge is 2.12. The normalized spacial score (nSPS) is 11.1. The van der Waals surface area contributed by atoms with Crippen LogP contribution in [-0.2, 0) is 0 Å². The molecule has 0 unspecified atom stereocenters. The van der Waals surface area contributed by atoms with Crippen molar-refractivity contribution in [3.8, 4) is 6.08 Å². The Bertz CT molecular complexity index is 458. The minimum atomic E-state index is -2.94. The van der Waals surface area contributed by atoms with Gasteiger partial charge in [-0.1, -0.05) is 6.07 Å². The van der Waals surface area contributed by atoms with Gasteiger partial charge in [0.2, 0.25) is 0 Å². The van der Waals surface area contributed by atoms with Crippen molar-refractivity contribution in [3.05, 3.63) is 18.2 Å². The molecule has 0 fully saturated rings. The summed E-state index contributed by atoms with van der Waals surface area (Å²) in [5.41, 5.74) is 0.777. The van der Waals surface area contributed by atoms with E-state index in [9.17, 15) is 8.78 Å². The summed E-state index contributed by atoms with van der Waals surface area (Å²) in [6.45, 7) is -2.94. The van der Waals surface area contributed by atoms with Gasteiger partial charge in [-0.15, -0.1) is 12.6 Å². The van der Waals surface area contributed by atoms with Crippen molar-refractivity contribution < 1.29 is 17.9 Å². The number of ether oxygens (including phenoxy) is 1. The van der Waals surface area contributed by atoms with E-state index in [1.54, 1.807) is 18.2 Å². The maximum absolute atomic E-state index is 11.8. The van der Waals surface area contributed by atoms with E-state index in [1.807, 2.05) is 0 Å². The van der Waals surface area contributed by atoms with E-state index in [0.29, 0.717) is 16.0 Å². The summed E-state index contributed by atoms with van der Waals surface area (Å²) in [6, 6.07) is 4.99. The van der Waals surface area contributed by atoms with E-state index >= 15 is 0 Å². The van der Waals surface area contributed by atoms with Crippen molar-refractivity contribution in [1.29, 1.82) is 0 Å². The van der Waals surface area contributed by atoms with Crippen LogP contribution in [0.5, 0.6) is 6.08 Å². The van der Waals surface area contributed by atoms with E-state index < -0.39 is 12.7 Å². The third kappa shape index (κ3) is 1.65. The standard InChI is InChI=1S/C8H5F2NO2S/c9-7(10)13-8-11-4-2-1-3-5(14)6(4)12-8/h1-3,7,14H. The molecule has 0 radical (unpaired) electrons. The van der Waals surface area contributed by atoms with Crippen LogP contribution in [-0.4, -0.2) is 11.6 Å². The lowest BCUT2D eigenvalue weighted by Crippen LogP contribution is -2.01. The number of aromatic nitrogens is 1. The molecule has 0 saturated carbocycles. The highest BCUT2D eigenvalue weighted by Crippen LogP contribution is 2.26. The van der Waals surface area contributed by atoms with Crippen LogP contribution in [0.2, 0.25) is 0 Å². The number of alkyl halides is 2. The van der Waals surface area contributed by atoms with Gasteiger partial charge in [0, 0.05) is 4.90 Å². The molecule has 74 valence electrons. The lowest BCUT2D eigenvalue weighted by atomic mass is 10.3. The fourth-order valence-electron chi connectivity index (χ4n) is 1.04. The minimum Gasteiger partial charge on any atom is -0.408 e. The highest BCUT2D eigenvalue weighted by molar-refractivity contribution is 7.80. The third-order valence-corrected chi connectivity index (χ3v) is 1.92. The van der Waals surface area contributed by atoms with Crippen LogP contribution >= 0.6 is 12.6 Å². The lowest BCUT2D eigenvalue weighted by Gasteiger charge is -1.95. The topological polar surface area (TPSA) is 35.3 Å². The van der Waals surface area contributed by atoms with Crippen molar-refractivity contribution in [2.24, 2.45) is 0 Å². The molecular formula is C8H5F2NO2S. The van der Waals surface area contributed by atoms with Crippen molar-refractivity contribution in [1.82, 2.24) is 4.98 Å². The fourth-order valence-corrected chi connectivity index (χ4v) is 1.29. The number of hydrogen-bond acceptors (Lipinski definition) is 4. The lowest BCUT2D eigenvalue weighted by molar-refractivity contribution is -0.0664. The summed E-state index contributed by atoms with van der Waals surface area (Å²) in [5.74, 6) is 0. The van der Waals surface area contributed by atoms with Gasteiger partial charge >= 0.3 is 12.7 Å². The van der Waals surface area contributed by atoms with Crippen LogP contribution < -0.4 is 4.74 Å². The van der Waals surface area contributed by atoms with Crippen LogP contribution in [0.15, 0.2) is 27.5 Å². The Hall–Kier alpha value is -1.30. The molecule has 2 rings (SSSR count). The third-order valence-electron chi connectivity index (χ3n) is 1.56. The smallest absolute Gasteiger partial charge is 0.399 e. The van der Waals surface area contributed by atoms with Gasteiger partial charge in [0.05, 0.1) is 0 Å². The van der Waals surface area contributed by atoms with Crippen LogP contribution in [0.4, 0.5) is 8.78 Å². The summed E-state index contributed by atoms with van der Waals surface area (Å²) in [6.07, 6.45) is -0.448. The number of rotatable bonds is 2. The number of thiol groups is 1. The average Bonchev–Trinajstić information content (AvgIpc) is 2.47. The van der Waals surface area contributed by atoms with Gasteiger partial charge in [-0.3, -0.25) is 0 Å². The molecule has 2 aromatic rings. The molecule has 0 spiro atoms. The largest absolute Gasteiger partial charge is 0.408 e. The molecule has 1 heterocycles. The van der Waals surface area contributed by atoms with Crippen molar-refractivity contribution in [2.45, 2.75) is 11.5 Å². The first kappa shape index (κ1) is 9.26. The van der Waals surface area contributed by atoms with Crippen LogP contribution in [0.3, 0.4) is 0 Å². The van der Waals surface area contributed by atoms with Crippen LogP contribution in [0, 0.1) is 0 Å². The molecule has 0 saturated heterocycles. The predicted molar refractivity (Wildman–Crippen MR) is 47.9 cm³/mol. The summed E-state index contributed by atoms with van der Waals surface area (Å²) < 4.78 is 32.5. The Morgan fingerprint density at radius 3 is 2.86 bits per heavy atom. The van der Waals surface area contributed by atoms with Gasteiger partial charge in [-0.25, -0.2) is 0 Å². The second-order valence-electron chi connectivity index (χ2n) is 2.48. The average molecular weight is 217 g/mol. The molecule has 3 nitrogen and oxygen atoms in total. The Balaban J connectivity index is 2.46. The first-order valence-corrected chi connectivity index (χ1v) is 4.15. The van der Waals surface area contributed by atoms with E-state index in [0.717, 1.165) is 0 Å². The Morgan fingerprint density at radius 1 is 1.43 bits per heavy atom. The number of halogens is 2. The second kappa shape index (κ2) is 3.45. The van der Waals surface area contributed by atoms with E-state index in [1.165, 1.54) is 0 Å². The molecule has 14 heavy (non-hydrogen) atoms. The SMILES string of the molecule is FC(F)Oc1nc2cccc(S)c2o1.